The van der Waals surface area contributed by atoms with E-state index in [2.05, 4.69) is 0 Å². The number of carbonyl (C=O) groups is 3. The molecular formula is C14H11N3O4. The lowest BCUT2D eigenvalue weighted by molar-refractivity contribution is 0.0595. The first-order valence-electron chi connectivity index (χ1n) is 6.41. The standard InChI is InChI=1S/C14H11N3O4/c15-7-9-8-17(9)14(20)21-6-5-16-12(18)10-3-1-2-4-11(10)13(16)19/h1-4,9H,5-6,8H2. The van der Waals surface area contributed by atoms with Crippen molar-refractivity contribution in [1.82, 2.24) is 9.80 Å². The number of carbonyl (C=O) groups excluding carboxylic acids is 3. The zero-order chi connectivity index (χ0) is 15.0. The lowest BCUT2D eigenvalue weighted by Gasteiger charge is -2.13. The van der Waals surface area contributed by atoms with Crippen molar-refractivity contribution in [3.63, 3.8) is 0 Å². The van der Waals surface area contributed by atoms with Crippen molar-refractivity contribution in [2.24, 2.45) is 0 Å². The highest BCUT2D eigenvalue weighted by atomic mass is 16.6. The molecule has 3 amide bonds. The minimum atomic E-state index is -0.599. The Hall–Kier alpha value is -2.88. The van der Waals surface area contributed by atoms with Crippen molar-refractivity contribution in [3.05, 3.63) is 35.4 Å². The summed E-state index contributed by atoms with van der Waals surface area (Å²) in [6.07, 6.45) is -0.599. The Balaban J connectivity index is 1.56. The van der Waals surface area contributed by atoms with Crippen LogP contribution in [0.15, 0.2) is 24.3 Å². The van der Waals surface area contributed by atoms with Crippen LogP contribution in [0.25, 0.3) is 0 Å². The summed E-state index contributed by atoms with van der Waals surface area (Å²) in [5.74, 6) is -0.762. The number of benzene rings is 1. The molecule has 0 N–H and O–H groups in total. The molecule has 1 fully saturated rings. The highest BCUT2D eigenvalue weighted by molar-refractivity contribution is 6.21. The number of hydrogen-bond donors (Lipinski definition) is 0. The summed E-state index contributed by atoms with van der Waals surface area (Å²) in [5.41, 5.74) is 0.730. The van der Waals surface area contributed by atoms with Crippen LogP contribution in [0.3, 0.4) is 0 Å². The van der Waals surface area contributed by atoms with E-state index in [9.17, 15) is 14.4 Å². The van der Waals surface area contributed by atoms with E-state index in [0.29, 0.717) is 17.7 Å². The van der Waals surface area contributed by atoms with Gasteiger partial charge in [0.15, 0.2) is 0 Å². The van der Waals surface area contributed by atoms with Crippen LogP contribution >= 0.6 is 0 Å². The fourth-order valence-electron chi connectivity index (χ4n) is 2.20. The van der Waals surface area contributed by atoms with Gasteiger partial charge in [0.1, 0.15) is 12.6 Å². The predicted octanol–water partition coefficient (Wildman–Crippen LogP) is 0.627. The molecule has 21 heavy (non-hydrogen) atoms. The Kier molecular flexibility index (Phi) is 3.06. The molecule has 1 saturated heterocycles. The van der Waals surface area contributed by atoms with Crippen LogP contribution in [0, 0.1) is 11.3 Å². The van der Waals surface area contributed by atoms with Crippen molar-refractivity contribution in [3.8, 4) is 6.07 Å². The number of fused-ring (bicyclic) bond motifs is 1. The van der Waals surface area contributed by atoms with E-state index in [1.165, 1.54) is 4.90 Å². The van der Waals surface area contributed by atoms with Crippen molar-refractivity contribution in [2.45, 2.75) is 6.04 Å². The van der Waals surface area contributed by atoms with Crippen LogP contribution in [0.5, 0.6) is 0 Å². The fraction of sp³-hybridized carbons (Fsp3) is 0.286. The van der Waals surface area contributed by atoms with Crippen LogP contribution in [0.2, 0.25) is 0 Å². The third-order valence-electron chi connectivity index (χ3n) is 3.41. The Bertz CT molecular complexity index is 644. The van der Waals surface area contributed by atoms with Crippen LogP contribution in [-0.4, -0.2) is 53.4 Å². The summed E-state index contributed by atoms with van der Waals surface area (Å²) in [5, 5.41) is 8.60. The lowest BCUT2D eigenvalue weighted by atomic mass is 10.1. The highest BCUT2D eigenvalue weighted by Gasteiger charge is 2.40. The first-order valence-corrected chi connectivity index (χ1v) is 6.41. The van der Waals surface area contributed by atoms with Gasteiger partial charge in [-0.1, -0.05) is 12.1 Å². The molecule has 0 aliphatic carbocycles. The van der Waals surface area contributed by atoms with E-state index in [0.717, 1.165) is 4.90 Å². The average Bonchev–Trinajstić information content (AvgIpc) is 3.25. The summed E-state index contributed by atoms with van der Waals surface area (Å²) in [6.45, 7) is 0.282. The van der Waals surface area contributed by atoms with Crippen molar-refractivity contribution < 1.29 is 19.1 Å². The molecule has 0 aromatic heterocycles. The average molecular weight is 285 g/mol. The van der Waals surface area contributed by atoms with Gasteiger partial charge in [0.05, 0.1) is 30.3 Å². The molecule has 2 aliphatic heterocycles. The molecule has 0 bridgehead atoms. The third-order valence-corrected chi connectivity index (χ3v) is 3.41. The topological polar surface area (TPSA) is 90.5 Å². The van der Waals surface area contributed by atoms with Crippen molar-refractivity contribution >= 4 is 17.9 Å². The minimum absolute atomic E-state index is 0.00312. The number of nitriles is 1. The molecule has 7 nitrogen and oxygen atoms in total. The Morgan fingerprint density at radius 3 is 2.43 bits per heavy atom. The van der Waals surface area contributed by atoms with E-state index in [4.69, 9.17) is 10.00 Å². The number of amides is 3. The van der Waals surface area contributed by atoms with E-state index >= 15 is 0 Å². The second-order valence-corrected chi connectivity index (χ2v) is 4.72. The Morgan fingerprint density at radius 2 is 1.90 bits per heavy atom. The Labute approximate surface area is 120 Å². The zero-order valence-corrected chi connectivity index (χ0v) is 11.0. The molecule has 7 heteroatoms. The first-order chi connectivity index (χ1) is 10.1. The van der Waals surface area contributed by atoms with E-state index in [1.54, 1.807) is 24.3 Å². The highest BCUT2D eigenvalue weighted by Crippen LogP contribution is 2.22. The number of hydrogen-bond acceptors (Lipinski definition) is 5. The molecule has 1 aromatic carbocycles. The van der Waals surface area contributed by atoms with Gasteiger partial charge in [-0.25, -0.2) is 4.79 Å². The van der Waals surface area contributed by atoms with Gasteiger partial charge >= 0.3 is 6.09 Å². The van der Waals surface area contributed by atoms with Crippen LogP contribution in [-0.2, 0) is 4.74 Å². The van der Waals surface area contributed by atoms with Gasteiger partial charge in [0, 0.05) is 0 Å². The maximum atomic E-state index is 12.0. The predicted molar refractivity (Wildman–Crippen MR) is 69.3 cm³/mol. The number of nitrogens with zero attached hydrogens (tertiary/aromatic N) is 3. The number of ether oxygens (including phenoxy) is 1. The van der Waals surface area contributed by atoms with E-state index < -0.39 is 12.1 Å². The Morgan fingerprint density at radius 1 is 1.29 bits per heavy atom. The molecule has 1 unspecified atom stereocenters. The van der Waals surface area contributed by atoms with Crippen LogP contribution < -0.4 is 0 Å². The van der Waals surface area contributed by atoms with Crippen LogP contribution in [0.1, 0.15) is 20.7 Å². The van der Waals surface area contributed by atoms with Gasteiger partial charge in [-0.05, 0) is 12.1 Å². The second-order valence-electron chi connectivity index (χ2n) is 4.72. The molecule has 0 saturated carbocycles. The fourth-order valence-corrected chi connectivity index (χ4v) is 2.20. The quantitative estimate of drug-likeness (QED) is 0.600. The van der Waals surface area contributed by atoms with Gasteiger partial charge in [-0.15, -0.1) is 0 Å². The second kappa shape index (κ2) is 4.90. The van der Waals surface area contributed by atoms with Gasteiger partial charge < -0.3 is 4.74 Å². The molecule has 3 rings (SSSR count). The summed E-state index contributed by atoms with van der Waals surface area (Å²) < 4.78 is 4.95. The molecule has 2 aliphatic rings. The van der Waals surface area contributed by atoms with Crippen molar-refractivity contribution in [1.29, 1.82) is 5.26 Å². The monoisotopic (exact) mass is 285 g/mol. The number of imide groups is 1. The van der Waals surface area contributed by atoms with Gasteiger partial charge in [0.2, 0.25) is 0 Å². The summed E-state index contributed by atoms with van der Waals surface area (Å²) in [6, 6.07) is 8.08. The maximum absolute atomic E-state index is 12.0. The summed E-state index contributed by atoms with van der Waals surface area (Å²) >= 11 is 0. The molecule has 1 atom stereocenters. The molecular weight excluding hydrogens is 274 g/mol. The zero-order valence-electron chi connectivity index (χ0n) is 11.0. The lowest BCUT2D eigenvalue weighted by Crippen LogP contribution is -2.34. The third kappa shape index (κ3) is 2.21. The summed E-state index contributed by atoms with van der Waals surface area (Å²) in [4.78, 5) is 37.9. The minimum Gasteiger partial charge on any atom is -0.447 e. The largest absolute Gasteiger partial charge is 0.447 e. The van der Waals surface area contributed by atoms with E-state index in [-0.39, 0.29) is 25.0 Å². The molecule has 106 valence electrons. The van der Waals surface area contributed by atoms with Gasteiger partial charge in [-0.2, -0.15) is 5.26 Å². The molecule has 1 aromatic rings. The van der Waals surface area contributed by atoms with Crippen LogP contribution in [0.4, 0.5) is 4.79 Å². The van der Waals surface area contributed by atoms with Crippen molar-refractivity contribution in [2.75, 3.05) is 19.7 Å². The first kappa shape index (κ1) is 13.1. The number of rotatable bonds is 3. The smallest absolute Gasteiger partial charge is 0.411 e. The molecule has 0 radical (unpaired) electrons. The van der Waals surface area contributed by atoms with Gasteiger partial charge in [-0.3, -0.25) is 19.4 Å². The summed E-state index contributed by atoms with van der Waals surface area (Å²) in [7, 11) is 0. The van der Waals surface area contributed by atoms with Gasteiger partial charge in [0.25, 0.3) is 11.8 Å². The molecule has 2 heterocycles. The molecule has 0 spiro atoms. The normalized spacial score (nSPS) is 19.3. The van der Waals surface area contributed by atoms with E-state index in [1.807, 2.05) is 6.07 Å². The maximum Gasteiger partial charge on any atom is 0.411 e. The SMILES string of the molecule is N#CC1CN1C(=O)OCCN1C(=O)c2ccccc2C1=O.